The summed E-state index contributed by atoms with van der Waals surface area (Å²) in [5.41, 5.74) is 2.82. The summed E-state index contributed by atoms with van der Waals surface area (Å²) in [5.74, 6) is 0. The molecule has 0 aliphatic heterocycles. The molecular weight excluding hydrogens is 280 g/mol. The normalized spacial score (nSPS) is 17.9. The predicted octanol–water partition coefficient (Wildman–Crippen LogP) is 5.51. The van der Waals surface area contributed by atoms with Gasteiger partial charge in [-0.05, 0) is 36.1 Å². The van der Waals surface area contributed by atoms with Crippen molar-refractivity contribution in [2.45, 2.75) is 47.3 Å². The molecule has 0 amide bonds. The van der Waals surface area contributed by atoms with E-state index >= 15 is 0 Å². The fourth-order valence-corrected chi connectivity index (χ4v) is 4.34. The highest BCUT2D eigenvalue weighted by molar-refractivity contribution is 7.80. The van der Waals surface area contributed by atoms with Crippen LogP contribution in [0.4, 0.5) is 0 Å². The van der Waals surface area contributed by atoms with Gasteiger partial charge in [0.15, 0.2) is 0 Å². The molecule has 0 saturated heterocycles. The third-order valence-electron chi connectivity index (χ3n) is 4.55. The van der Waals surface area contributed by atoms with Crippen LogP contribution in [0.3, 0.4) is 0 Å². The van der Waals surface area contributed by atoms with Gasteiger partial charge in [0, 0.05) is 15.2 Å². The summed E-state index contributed by atoms with van der Waals surface area (Å²) in [4.78, 5) is 2.21. The van der Waals surface area contributed by atoms with Crippen LogP contribution >= 0.6 is 25.3 Å². The van der Waals surface area contributed by atoms with Gasteiger partial charge < -0.3 is 0 Å². The Hall–Kier alpha value is -0.860. The van der Waals surface area contributed by atoms with Crippen LogP contribution in [0.5, 0.6) is 0 Å². The second-order valence-electron chi connectivity index (χ2n) is 5.68. The topological polar surface area (TPSA) is 0 Å². The van der Waals surface area contributed by atoms with E-state index in [4.69, 9.17) is 25.3 Å². The fraction of sp³-hybridized carbons (Fsp3) is 0.333. The van der Waals surface area contributed by atoms with E-state index in [0.717, 1.165) is 9.79 Å². The Balaban J connectivity index is 2.20. The molecule has 0 aromatic heterocycles. The lowest BCUT2D eigenvalue weighted by Crippen LogP contribution is -2.31. The van der Waals surface area contributed by atoms with Crippen LogP contribution in [0.15, 0.2) is 58.3 Å². The molecule has 1 saturated carbocycles. The Morgan fingerprint density at radius 3 is 1.55 bits per heavy atom. The minimum atomic E-state index is 0.0922. The second-order valence-corrected chi connectivity index (χ2v) is 6.64. The van der Waals surface area contributed by atoms with Crippen LogP contribution in [0.25, 0.3) is 0 Å². The fourth-order valence-electron chi connectivity index (χ4n) is 3.60. The zero-order valence-corrected chi connectivity index (χ0v) is 13.3. The molecule has 104 valence electrons. The highest BCUT2D eigenvalue weighted by Crippen LogP contribution is 2.48. The molecule has 2 aromatic rings. The lowest BCUT2D eigenvalue weighted by atomic mass is 9.65. The van der Waals surface area contributed by atoms with Gasteiger partial charge in [-0.1, -0.05) is 55.7 Å². The van der Waals surface area contributed by atoms with Crippen molar-refractivity contribution in [1.29, 1.82) is 0 Å². The van der Waals surface area contributed by atoms with E-state index in [9.17, 15) is 0 Å². The maximum absolute atomic E-state index is 4.72. The smallest absolute Gasteiger partial charge is 0.0224 e. The summed E-state index contributed by atoms with van der Waals surface area (Å²) >= 11 is 9.44. The molecule has 0 atom stereocenters. The molecular formula is C18H20S2. The molecule has 20 heavy (non-hydrogen) atoms. The summed E-state index contributed by atoms with van der Waals surface area (Å²) in [6, 6.07) is 17.1. The molecule has 2 heteroatoms. The molecule has 0 N–H and O–H groups in total. The molecule has 0 nitrogen and oxygen atoms in total. The van der Waals surface area contributed by atoms with Crippen molar-refractivity contribution in [2.75, 3.05) is 0 Å². The van der Waals surface area contributed by atoms with Crippen LogP contribution in [0.2, 0.25) is 0 Å². The Morgan fingerprint density at radius 2 is 1.10 bits per heavy atom. The van der Waals surface area contributed by atoms with E-state index < -0.39 is 0 Å². The first kappa shape index (κ1) is 14.1. The molecule has 0 spiro atoms. The predicted molar refractivity (Wildman–Crippen MR) is 91.3 cm³/mol. The van der Waals surface area contributed by atoms with Gasteiger partial charge in [-0.15, -0.1) is 25.3 Å². The van der Waals surface area contributed by atoms with Gasteiger partial charge in [-0.3, -0.25) is 0 Å². The number of hydrogen-bond acceptors (Lipinski definition) is 2. The zero-order chi connectivity index (χ0) is 14.0. The molecule has 1 aliphatic rings. The maximum atomic E-state index is 4.72. The summed E-state index contributed by atoms with van der Waals surface area (Å²) in [6.07, 6.45) is 6.30. The average Bonchev–Trinajstić information content (AvgIpc) is 2.49. The molecule has 3 rings (SSSR count). The summed E-state index contributed by atoms with van der Waals surface area (Å²) in [7, 11) is 0. The van der Waals surface area contributed by atoms with Crippen molar-refractivity contribution < 1.29 is 0 Å². The molecule has 0 radical (unpaired) electrons. The largest absolute Gasteiger partial charge is 0.143 e. The van der Waals surface area contributed by atoms with Gasteiger partial charge in [0.05, 0.1) is 0 Å². The molecule has 0 unspecified atom stereocenters. The minimum absolute atomic E-state index is 0.0922. The third kappa shape index (κ3) is 2.40. The van der Waals surface area contributed by atoms with Crippen LogP contribution in [0.1, 0.15) is 43.2 Å². The quantitative estimate of drug-likeness (QED) is 0.671. The number of rotatable bonds is 2. The van der Waals surface area contributed by atoms with Crippen LogP contribution < -0.4 is 0 Å². The van der Waals surface area contributed by atoms with Crippen molar-refractivity contribution in [3.8, 4) is 0 Å². The van der Waals surface area contributed by atoms with Crippen molar-refractivity contribution in [3.63, 3.8) is 0 Å². The molecule has 0 bridgehead atoms. The first-order valence-corrected chi connectivity index (χ1v) is 8.20. The number of thiol groups is 2. The number of benzene rings is 2. The van der Waals surface area contributed by atoms with E-state index in [1.54, 1.807) is 0 Å². The lowest BCUT2D eigenvalue weighted by molar-refractivity contribution is 0.337. The first-order valence-electron chi connectivity index (χ1n) is 7.31. The Bertz CT molecular complexity index is 550. The van der Waals surface area contributed by atoms with Gasteiger partial charge in [-0.2, -0.15) is 0 Å². The summed E-state index contributed by atoms with van der Waals surface area (Å²) in [6.45, 7) is 0. The molecule has 2 aromatic carbocycles. The number of hydrogen-bond donors (Lipinski definition) is 2. The lowest BCUT2D eigenvalue weighted by Gasteiger charge is -2.40. The Morgan fingerprint density at radius 1 is 0.650 bits per heavy atom. The molecule has 0 heterocycles. The van der Waals surface area contributed by atoms with Gasteiger partial charge in [0.2, 0.25) is 0 Å². The summed E-state index contributed by atoms with van der Waals surface area (Å²) in [5, 5.41) is 0. The summed E-state index contributed by atoms with van der Waals surface area (Å²) < 4.78 is 0. The first-order chi connectivity index (χ1) is 9.74. The van der Waals surface area contributed by atoms with Crippen LogP contribution in [-0.2, 0) is 5.41 Å². The van der Waals surface area contributed by atoms with Crippen LogP contribution in [-0.4, -0.2) is 0 Å². The Labute approximate surface area is 132 Å². The Kier molecular flexibility index (Phi) is 4.13. The minimum Gasteiger partial charge on any atom is -0.143 e. The van der Waals surface area contributed by atoms with Gasteiger partial charge in [0.1, 0.15) is 0 Å². The average molecular weight is 300 g/mol. The van der Waals surface area contributed by atoms with E-state index in [2.05, 4.69) is 48.5 Å². The highest BCUT2D eigenvalue weighted by Gasteiger charge is 2.37. The van der Waals surface area contributed by atoms with Crippen molar-refractivity contribution in [1.82, 2.24) is 0 Å². The molecule has 1 fully saturated rings. The SMILES string of the molecule is Sc1ccccc1C1(c2ccccc2S)CCCCC1. The maximum Gasteiger partial charge on any atom is 0.0224 e. The van der Waals surface area contributed by atoms with Gasteiger partial charge >= 0.3 is 0 Å². The second kappa shape index (κ2) is 5.87. The standard InChI is InChI=1S/C18H20S2/c19-16-10-4-2-8-14(16)18(12-6-1-7-13-18)15-9-3-5-11-17(15)20/h2-5,8-11,19-20H,1,6-7,12-13H2. The van der Waals surface area contributed by atoms with Gasteiger partial charge in [0.25, 0.3) is 0 Å². The van der Waals surface area contributed by atoms with E-state index in [1.165, 1.54) is 43.2 Å². The van der Waals surface area contributed by atoms with E-state index in [0.29, 0.717) is 0 Å². The zero-order valence-electron chi connectivity index (χ0n) is 11.5. The monoisotopic (exact) mass is 300 g/mol. The third-order valence-corrected chi connectivity index (χ3v) is 5.33. The molecule has 1 aliphatic carbocycles. The van der Waals surface area contributed by atoms with Crippen LogP contribution in [0, 0.1) is 0 Å². The van der Waals surface area contributed by atoms with E-state index in [-0.39, 0.29) is 5.41 Å². The highest BCUT2D eigenvalue weighted by atomic mass is 32.1. The van der Waals surface area contributed by atoms with Crippen molar-refractivity contribution in [2.24, 2.45) is 0 Å². The van der Waals surface area contributed by atoms with Crippen molar-refractivity contribution >= 4 is 25.3 Å². The van der Waals surface area contributed by atoms with Crippen molar-refractivity contribution in [3.05, 3.63) is 59.7 Å². The van der Waals surface area contributed by atoms with Gasteiger partial charge in [-0.25, -0.2) is 0 Å². The van der Waals surface area contributed by atoms with E-state index in [1.807, 2.05) is 0 Å².